The quantitative estimate of drug-likeness (QED) is 0.0819. The molecule has 1 aliphatic heterocycles. The van der Waals surface area contributed by atoms with Crippen molar-refractivity contribution in [3.8, 4) is 23.0 Å². The van der Waals surface area contributed by atoms with Crippen LogP contribution in [-0.4, -0.2) is 56.1 Å². The SMILES string of the molecule is COc1c(O)c(O)c(CO)c([C@@H]2C[C@H](O)[C@H]3CC[C@@H](c4ccc(O)c([C@@H]5C[C@@H](C)CC[C@H]5[C@H](O)CC5(c6ccccc6)CCCCC5)c4)C[C@@H]3O2)c1Cc1cc[n-]c1. The number of methoxy groups -OCH3 is 1. The third-order valence-corrected chi connectivity index (χ3v) is 14.8. The minimum Gasteiger partial charge on any atom is -0.670 e. The number of nitrogens with zero attached hydrogens (tertiary/aromatic N) is 1. The topological polar surface area (TPSA) is 154 Å². The van der Waals surface area contributed by atoms with Gasteiger partial charge in [0.15, 0.2) is 11.5 Å². The fourth-order valence-electron chi connectivity index (χ4n) is 11.8. The highest BCUT2D eigenvalue weighted by atomic mass is 16.5. The van der Waals surface area contributed by atoms with Gasteiger partial charge >= 0.3 is 0 Å². The van der Waals surface area contributed by atoms with Crippen LogP contribution in [0.4, 0.5) is 0 Å². The molecule has 0 spiro atoms. The van der Waals surface area contributed by atoms with Crippen molar-refractivity contribution >= 4 is 0 Å². The summed E-state index contributed by atoms with van der Waals surface area (Å²) < 4.78 is 12.6. The molecular weight excluding hydrogens is 731 g/mol. The fourth-order valence-corrected chi connectivity index (χ4v) is 11.8. The number of fused-ring (bicyclic) bond motifs is 1. The molecule has 4 fully saturated rings. The third kappa shape index (κ3) is 7.87. The van der Waals surface area contributed by atoms with E-state index >= 15 is 0 Å². The number of phenolic OH excluding ortho intramolecular Hbond substituents is 2. The molecular formula is C49H62NO8-. The molecule has 9 nitrogen and oxygen atoms in total. The van der Waals surface area contributed by atoms with Crippen molar-refractivity contribution in [3.63, 3.8) is 0 Å². The lowest BCUT2D eigenvalue weighted by atomic mass is 9.62. The molecule has 2 heterocycles. The normalized spacial score (nSPS) is 29.1. The number of benzene rings is 3. The lowest BCUT2D eigenvalue weighted by Gasteiger charge is -2.46. The van der Waals surface area contributed by atoms with Crippen molar-refractivity contribution in [3.05, 3.63) is 106 Å². The number of aromatic hydroxyl groups is 3. The molecule has 0 bridgehead atoms. The van der Waals surface area contributed by atoms with E-state index in [0.717, 1.165) is 68.1 Å². The monoisotopic (exact) mass is 792 g/mol. The molecule has 3 saturated carbocycles. The summed E-state index contributed by atoms with van der Waals surface area (Å²) in [6, 6.07) is 18.8. The summed E-state index contributed by atoms with van der Waals surface area (Å²) in [7, 11) is 1.43. The molecule has 312 valence electrons. The van der Waals surface area contributed by atoms with Crippen LogP contribution in [0, 0.1) is 17.8 Å². The molecule has 3 aromatic carbocycles. The summed E-state index contributed by atoms with van der Waals surface area (Å²) >= 11 is 0. The maximum atomic E-state index is 12.3. The van der Waals surface area contributed by atoms with Gasteiger partial charge in [0.05, 0.1) is 38.1 Å². The van der Waals surface area contributed by atoms with Crippen LogP contribution in [0.5, 0.6) is 23.0 Å². The predicted octanol–water partition coefficient (Wildman–Crippen LogP) is 8.80. The van der Waals surface area contributed by atoms with Crippen LogP contribution >= 0.6 is 0 Å². The summed E-state index contributed by atoms with van der Waals surface area (Å²) in [5, 5.41) is 68.1. The number of aliphatic hydroxyl groups is 3. The summed E-state index contributed by atoms with van der Waals surface area (Å²) in [6.07, 6.45) is 13.7. The van der Waals surface area contributed by atoms with Crippen LogP contribution < -0.4 is 9.72 Å². The van der Waals surface area contributed by atoms with Crippen LogP contribution in [0.15, 0.2) is 67.0 Å². The van der Waals surface area contributed by atoms with Gasteiger partial charge in [-0.05, 0) is 115 Å². The number of phenols is 3. The Bertz CT molecular complexity index is 1990. The van der Waals surface area contributed by atoms with E-state index in [2.05, 4.69) is 48.3 Å². The first-order valence-corrected chi connectivity index (χ1v) is 21.8. The van der Waals surface area contributed by atoms with Gasteiger partial charge in [-0.3, -0.25) is 0 Å². The van der Waals surface area contributed by atoms with Crippen LogP contribution in [0.2, 0.25) is 0 Å². The Morgan fingerprint density at radius 2 is 1.69 bits per heavy atom. The zero-order chi connectivity index (χ0) is 40.6. The molecule has 6 N–H and O–H groups in total. The summed E-state index contributed by atoms with van der Waals surface area (Å²) in [5.41, 5.74) is 5.53. The zero-order valence-corrected chi connectivity index (χ0v) is 34.1. The molecule has 0 radical (unpaired) electrons. The van der Waals surface area contributed by atoms with Crippen LogP contribution in [0.25, 0.3) is 0 Å². The molecule has 0 unspecified atom stereocenters. The second-order valence-electron chi connectivity index (χ2n) is 18.2. The van der Waals surface area contributed by atoms with Gasteiger partial charge < -0.3 is 45.1 Å². The van der Waals surface area contributed by atoms with Crippen molar-refractivity contribution in [1.82, 2.24) is 4.98 Å². The largest absolute Gasteiger partial charge is 0.670 e. The molecule has 58 heavy (non-hydrogen) atoms. The Labute approximate surface area is 343 Å². The Kier molecular flexibility index (Phi) is 12.1. The molecule has 4 aliphatic rings. The average Bonchev–Trinajstić information content (AvgIpc) is 3.76. The molecule has 1 aromatic heterocycles. The van der Waals surface area contributed by atoms with E-state index in [1.807, 2.05) is 18.2 Å². The molecule has 9 atom stereocenters. The minimum atomic E-state index is -0.670. The van der Waals surface area contributed by atoms with E-state index in [1.165, 1.54) is 31.9 Å². The number of ether oxygens (including phenoxy) is 2. The highest BCUT2D eigenvalue weighted by molar-refractivity contribution is 5.64. The number of rotatable bonds is 11. The number of aliphatic hydroxyl groups excluding tert-OH is 3. The first kappa shape index (κ1) is 40.7. The maximum Gasteiger partial charge on any atom is 0.201 e. The molecule has 8 rings (SSSR count). The summed E-state index contributed by atoms with van der Waals surface area (Å²) in [5.74, 6) is 0.123. The van der Waals surface area contributed by atoms with Gasteiger partial charge in [-0.25, -0.2) is 0 Å². The van der Waals surface area contributed by atoms with Gasteiger partial charge in [-0.2, -0.15) is 12.4 Å². The van der Waals surface area contributed by atoms with Crippen molar-refractivity contribution in [1.29, 1.82) is 0 Å². The van der Waals surface area contributed by atoms with Crippen molar-refractivity contribution in [2.75, 3.05) is 7.11 Å². The summed E-state index contributed by atoms with van der Waals surface area (Å²) in [6.45, 7) is 1.76. The second-order valence-corrected chi connectivity index (χ2v) is 18.2. The van der Waals surface area contributed by atoms with Crippen molar-refractivity contribution < 1.29 is 40.1 Å². The Morgan fingerprint density at radius 3 is 2.41 bits per heavy atom. The molecule has 0 amide bonds. The first-order chi connectivity index (χ1) is 28.1. The lowest BCUT2D eigenvalue weighted by Crippen LogP contribution is -2.44. The average molecular weight is 793 g/mol. The number of hydrogen-bond donors (Lipinski definition) is 6. The van der Waals surface area contributed by atoms with E-state index < -0.39 is 36.4 Å². The van der Waals surface area contributed by atoms with Gasteiger partial charge in [0.1, 0.15) is 5.75 Å². The van der Waals surface area contributed by atoms with Crippen LogP contribution in [-0.2, 0) is 23.2 Å². The molecule has 4 aromatic rings. The first-order valence-electron chi connectivity index (χ1n) is 21.8. The van der Waals surface area contributed by atoms with Crippen LogP contribution in [0.3, 0.4) is 0 Å². The standard InChI is InChI=1S/C49H62NO8/c1-29-11-14-34(42(54)26-49(18-7-4-8-19-49)33-9-5-3-6-10-33)36(21-29)37-23-31(13-16-40(37)52)32-12-15-35-41(53)25-44(58-43(35)24-32)45-38(22-30-17-20-50-27-30)48(57-2)47(56)46(55)39(45)28-51/h3,5-6,9-10,13,16-17,20,23,27,29,32,34-36,41-44,51-56H,4,7-8,11-12,14-15,18-19,21-22,24-26,28H2,1-2H3/q-1/t29-,32+,34+,35+,36+,41-,42+,43-,44-/m0/s1. The van der Waals surface area contributed by atoms with E-state index in [-0.39, 0.29) is 52.9 Å². The van der Waals surface area contributed by atoms with Gasteiger partial charge in [0, 0.05) is 23.5 Å². The van der Waals surface area contributed by atoms with Gasteiger partial charge in [-0.1, -0.05) is 86.7 Å². The Hall–Kier alpha value is -4.02. The Morgan fingerprint density at radius 1 is 0.897 bits per heavy atom. The molecule has 1 saturated heterocycles. The van der Waals surface area contributed by atoms with E-state index in [1.54, 1.807) is 12.4 Å². The zero-order valence-electron chi connectivity index (χ0n) is 34.1. The van der Waals surface area contributed by atoms with E-state index in [9.17, 15) is 30.6 Å². The van der Waals surface area contributed by atoms with Gasteiger partial charge in [-0.15, -0.1) is 0 Å². The maximum absolute atomic E-state index is 12.3. The predicted molar refractivity (Wildman–Crippen MR) is 222 cm³/mol. The van der Waals surface area contributed by atoms with Gasteiger partial charge in [0.25, 0.3) is 0 Å². The lowest BCUT2D eigenvalue weighted by molar-refractivity contribution is -0.154. The highest BCUT2D eigenvalue weighted by Gasteiger charge is 2.45. The summed E-state index contributed by atoms with van der Waals surface area (Å²) in [4.78, 5) is 4.20. The second kappa shape index (κ2) is 17.3. The van der Waals surface area contributed by atoms with Crippen molar-refractivity contribution in [2.24, 2.45) is 17.8 Å². The van der Waals surface area contributed by atoms with E-state index in [0.29, 0.717) is 35.6 Å². The van der Waals surface area contributed by atoms with Crippen molar-refractivity contribution in [2.45, 2.75) is 145 Å². The number of hydrogen-bond acceptors (Lipinski definition) is 8. The van der Waals surface area contributed by atoms with E-state index in [4.69, 9.17) is 9.47 Å². The molecule has 3 aliphatic carbocycles. The third-order valence-electron chi connectivity index (χ3n) is 14.8. The Balaban J connectivity index is 1.06. The highest BCUT2D eigenvalue weighted by Crippen LogP contribution is 2.54. The smallest absolute Gasteiger partial charge is 0.201 e. The minimum absolute atomic E-state index is 0.0269. The van der Waals surface area contributed by atoms with Crippen LogP contribution in [0.1, 0.15) is 147 Å². The number of aromatic nitrogens is 1. The fraction of sp³-hybridized carbons (Fsp3) is 0.551. The molecule has 9 heteroatoms. The van der Waals surface area contributed by atoms with Gasteiger partial charge in [0.2, 0.25) is 5.75 Å².